The van der Waals surface area contributed by atoms with Gasteiger partial charge in [0.15, 0.2) is 0 Å². The Hall–Kier alpha value is -2.36. The van der Waals surface area contributed by atoms with Crippen molar-refractivity contribution < 1.29 is 13.9 Å². The smallest absolute Gasteiger partial charge is 0.408 e. The summed E-state index contributed by atoms with van der Waals surface area (Å²) in [5.74, 6) is -0.301. The van der Waals surface area contributed by atoms with Crippen molar-refractivity contribution in [2.75, 3.05) is 0 Å². The molecule has 0 aromatic heterocycles. The van der Waals surface area contributed by atoms with Gasteiger partial charge in [0.1, 0.15) is 11.9 Å². The molecule has 1 heterocycles. The van der Waals surface area contributed by atoms with E-state index in [2.05, 4.69) is 50.4 Å². The zero-order valence-corrected chi connectivity index (χ0v) is 14.2. The molecule has 1 N–H and O–H groups in total. The molecule has 0 radical (unpaired) electrons. The molecule has 2 atom stereocenters. The summed E-state index contributed by atoms with van der Waals surface area (Å²) < 4.78 is 18.5. The van der Waals surface area contributed by atoms with Gasteiger partial charge >= 0.3 is 6.09 Å². The van der Waals surface area contributed by atoms with Crippen LogP contribution < -0.4 is 5.32 Å². The minimum absolute atomic E-state index is 0.111. The lowest BCUT2D eigenvalue weighted by molar-refractivity contribution is 0.132. The van der Waals surface area contributed by atoms with Crippen molar-refractivity contribution in [1.29, 1.82) is 0 Å². The second kappa shape index (κ2) is 6.27. The van der Waals surface area contributed by atoms with Crippen LogP contribution in [0.1, 0.15) is 43.6 Å². The molecule has 4 heteroatoms. The van der Waals surface area contributed by atoms with Crippen LogP contribution in [0, 0.1) is 5.82 Å². The van der Waals surface area contributed by atoms with E-state index in [9.17, 15) is 9.18 Å². The molecular formula is C20H22FNO2. The van der Waals surface area contributed by atoms with Crippen LogP contribution in [0.4, 0.5) is 9.18 Å². The standard InChI is InChI=1S/C20H22FNO2/c1-20(2,3)15-8-4-13(5-9-15)12-17-18(24-19(23)22-17)14-6-10-16(21)11-7-14/h4-11,17-18H,12H2,1-3H3,(H,22,23). The number of alkyl carbamates (subject to hydrolysis) is 1. The van der Waals surface area contributed by atoms with Gasteiger partial charge in [0, 0.05) is 0 Å². The predicted molar refractivity (Wildman–Crippen MR) is 91.4 cm³/mol. The van der Waals surface area contributed by atoms with E-state index in [1.54, 1.807) is 12.1 Å². The fourth-order valence-corrected chi connectivity index (χ4v) is 2.96. The number of carbonyl (C=O) groups is 1. The highest BCUT2D eigenvalue weighted by Gasteiger charge is 2.35. The van der Waals surface area contributed by atoms with Gasteiger partial charge in [-0.1, -0.05) is 57.2 Å². The maximum atomic E-state index is 13.1. The lowest BCUT2D eigenvalue weighted by atomic mass is 9.86. The average Bonchev–Trinajstić information content (AvgIpc) is 2.88. The van der Waals surface area contributed by atoms with Gasteiger partial charge in [-0.3, -0.25) is 0 Å². The molecule has 0 bridgehead atoms. The van der Waals surface area contributed by atoms with Crippen LogP contribution in [0.25, 0.3) is 0 Å². The van der Waals surface area contributed by atoms with Crippen molar-refractivity contribution in [3.63, 3.8) is 0 Å². The number of carbonyl (C=O) groups excluding carboxylic acids is 1. The van der Waals surface area contributed by atoms with Crippen molar-refractivity contribution in [1.82, 2.24) is 5.32 Å². The zero-order chi connectivity index (χ0) is 17.3. The summed E-state index contributed by atoms with van der Waals surface area (Å²) in [7, 11) is 0. The molecule has 3 nitrogen and oxygen atoms in total. The first kappa shape index (κ1) is 16.5. The molecule has 0 spiro atoms. The second-order valence-corrected chi connectivity index (χ2v) is 7.28. The van der Waals surface area contributed by atoms with E-state index in [0.717, 1.165) is 11.1 Å². The first-order chi connectivity index (χ1) is 11.3. The highest BCUT2D eigenvalue weighted by Crippen LogP contribution is 2.29. The van der Waals surface area contributed by atoms with Gasteiger partial charge in [-0.05, 0) is 40.7 Å². The summed E-state index contributed by atoms with van der Waals surface area (Å²) in [6.07, 6.45) is -0.167. The van der Waals surface area contributed by atoms with Gasteiger partial charge in [-0.2, -0.15) is 0 Å². The number of hydrogen-bond donors (Lipinski definition) is 1. The molecule has 3 rings (SSSR count). The Morgan fingerprint density at radius 3 is 2.25 bits per heavy atom. The van der Waals surface area contributed by atoms with Gasteiger partial charge in [0.2, 0.25) is 0 Å². The van der Waals surface area contributed by atoms with Crippen LogP contribution in [0.3, 0.4) is 0 Å². The number of benzene rings is 2. The highest BCUT2D eigenvalue weighted by molar-refractivity contribution is 5.70. The third-order valence-corrected chi connectivity index (χ3v) is 4.38. The van der Waals surface area contributed by atoms with Crippen molar-refractivity contribution in [2.24, 2.45) is 0 Å². The normalized spacial score (nSPS) is 20.6. The van der Waals surface area contributed by atoms with Crippen molar-refractivity contribution in [2.45, 2.75) is 44.8 Å². The summed E-state index contributed by atoms with van der Waals surface area (Å²) in [5.41, 5.74) is 3.31. The minimum atomic E-state index is -0.430. The monoisotopic (exact) mass is 327 g/mol. The Kier molecular flexibility index (Phi) is 4.31. The first-order valence-corrected chi connectivity index (χ1v) is 8.15. The van der Waals surface area contributed by atoms with Crippen molar-refractivity contribution >= 4 is 6.09 Å². The van der Waals surface area contributed by atoms with E-state index in [-0.39, 0.29) is 17.3 Å². The number of ether oxygens (including phenoxy) is 1. The van der Waals surface area contributed by atoms with Crippen LogP contribution in [-0.4, -0.2) is 12.1 Å². The Morgan fingerprint density at radius 2 is 1.67 bits per heavy atom. The summed E-state index contributed by atoms with van der Waals surface area (Å²) in [6, 6.07) is 14.4. The fourth-order valence-electron chi connectivity index (χ4n) is 2.96. The number of hydrogen-bond acceptors (Lipinski definition) is 2. The Labute approximate surface area is 141 Å². The van der Waals surface area contributed by atoms with E-state index in [4.69, 9.17) is 4.74 Å². The van der Waals surface area contributed by atoms with Gasteiger partial charge in [-0.25, -0.2) is 9.18 Å². The van der Waals surface area contributed by atoms with E-state index in [1.165, 1.54) is 17.7 Å². The maximum Gasteiger partial charge on any atom is 0.408 e. The van der Waals surface area contributed by atoms with Crippen LogP contribution in [0.2, 0.25) is 0 Å². The van der Waals surface area contributed by atoms with Crippen LogP contribution in [0.15, 0.2) is 48.5 Å². The van der Waals surface area contributed by atoms with E-state index in [1.807, 2.05) is 0 Å². The van der Waals surface area contributed by atoms with Gasteiger partial charge in [0.05, 0.1) is 6.04 Å². The first-order valence-electron chi connectivity index (χ1n) is 8.15. The number of rotatable bonds is 3. The number of cyclic esters (lactones) is 1. The summed E-state index contributed by atoms with van der Waals surface area (Å²) in [6.45, 7) is 6.53. The van der Waals surface area contributed by atoms with Crippen LogP contribution in [-0.2, 0) is 16.6 Å². The third kappa shape index (κ3) is 3.58. The minimum Gasteiger partial charge on any atom is -0.439 e. The molecule has 2 unspecified atom stereocenters. The quantitative estimate of drug-likeness (QED) is 0.900. The van der Waals surface area contributed by atoms with Gasteiger partial charge in [-0.15, -0.1) is 0 Å². The molecule has 2 aromatic rings. The Bertz CT molecular complexity index is 717. The summed E-state index contributed by atoms with van der Waals surface area (Å²) in [4.78, 5) is 11.7. The van der Waals surface area contributed by atoms with Gasteiger partial charge in [0.25, 0.3) is 0 Å². The van der Waals surface area contributed by atoms with Crippen molar-refractivity contribution in [3.8, 4) is 0 Å². The molecular weight excluding hydrogens is 305 g/mol. The largest absolute Gasteiger partial charge is 0.439 e. The number of amides is 1. The lowest BCUT2D eigenvalue weighted by Crippen LogP contribution is -2.30. The van der Waals surface area contributed by atoms with E-state index in [0.29, 0.717) is 6.42 Å². The maximum absolute atomic E-state index is 13.1. The molecule has 126 valence electrons. The number of nitrogens with one attached hydrogen (secondary N) is 1. The molecule has 2 aromatic carbocycles. The zero-order valence-electron chi connectivity index (χ0n) is 14.2. The van der Waals surface area contributed by atoms with Crippen LogP contribution in [0.5, 0.6) is 0 Å². The Morgan fingerprint density at radius 1 is 1.04 bits per heavy atom. The highest BCUT2D eigenvalue weighted by atomic mass is 19.1. The summed E-state index contributed by atoms with van der Waals surface area (Å²) >= 11 is 0. The topological polar surface area (TPSA) is 38.3 Å². The van der Waals surface area contributed by atoms with Crippen molar-refractivity contribution in [3.05, 3.63) is 71.0 Å². The third-order valence-electron chi connectivity index (χ3n) is 4.38. The molecule has 0 aliphatic carbocycles. The van der Waals surface area contributed by atoms with E-state index >= 15 is 0 Å². The molecule has 1 aliphatic rings. The molecule has 0 saturated carbocycles. The molecule has 1 aliphatic heterocycles. The molecule has 1 saturated heterocycles. The summed E-state index contributed by atoms with van der Waals surface area (Å²) in [5, 5.41) is 2.86. The molecule has 1 amide bonds. The number of halogens is 1. The predicted octanol–water partition coefficient (Wildman–Crippen LogP) is 4.52. The SMILES string of the molecule is CC(C)(C)c1ccc(CC2NC(=O)OC2c2ccc(F)cc2)cc1. The molecule has 24 heavy (non-hydrogen) atoms. The average molecular weight is 327 g/mol. The lowest BCUT2D eigenvalue weighted by Gasteiger charge is -2.20. The van der Waals surface area contributed by atoms with Gasteiger partial charge < -0.3 is 10.1 Å². The van der Waals surface area contributed by atoms with Crippen LogP contribution >= 0.6 is 0 Å². The molecule has 1 fully saturated rings. The fraction of sp³-hybridized carbons (Fsp3) is 0.350. The Balaban J connectivity index is 1.77. The second-order valence-electron chi connectivity index (χ2n) is 7.28. The van der Waals surface area contributed by atoms with E-state index < -0.39 is 12.2 Å².